The number of para-hydroxylation sites is 1. The summed E-state index contributed by atoms with van der Waals surface area (Å²) < 4.78 is 14.9. The van der Waals surface area contributed by atoms with Crippen LogP contribution in [0.2, 0.25) is 0 Å². The van der Waals surface area contributed by atoms with E-state index in [9.17, 15) is 19.2 Å². The second-order valence-corrected chi connectivity index (χ2v) is 6.73. The van der Waals surface area contributed by atoms with Crippen molar-refractivity contribution < 1.29 is 33.1 Å². The van der Waals surface area contributed by atoms with Gasteiger partial charge >= 0.3 is 11.9 Å². The van der Waals surface area contributed by atoms with Gasteiger partial charge in [0, 0.05) is 13.1 Å². The second-order valence-electron chi connectivity index (χ2n) is 6.73. The lowest BCUT2D eigenvalue weighted by molar-refractivity contribution is -0.149. The highest BCUT2D eigenvalue weighted by molar-refractivity contribution is 6.06. The third kappa shape index (κ3) is 5.05. The van der Waals surface area contributed by atoms with Crippen LogP contribution in [0.3, 0.4) is 0 Å². The molecular formula is C21H22N2O7. The Kier molecular flexibility index (Phi) is 6.84. The summed E-state index contributed by atoms with van der Waals surface area (Å²) in [7, 11) is 1.34. The number of likely N-dealkylation sites (tertiary alicyclic amines) is 1. The highest BCUT2D eigenvalue weighted by Gasteiger charge is 2.28. The summed E-state index contributed by atoms with van der Waals surface area (Å²) in [6, 6.07) is 9.40. The molecule has 1 saturated heterocycles. The minimum atomic E-state index is -0.733. The number of piperidine rings is 1. The molecular weight excluding hydrogens is 392 g/mol. The maximum atomic E-state index is 12.5. The molecule has 2 amide bonds. The first-order chi connectivity index (χ1) is 14.5. The fourth-order valence-electron chi connectivity index (χ4n) is 3.19. The molecule has 9 nitrogen and oxygen atoms in total. The maximum Gasteiger partial charge on any atom is 0.340 e. The van der Waals surface area contributed by atoms with Gasteiger partial charge in [-0.2, -0.15) is 0 Å². The smallest absolute Gasteiger partial charge is 0.340 e. The molecule has 2 heterocycles. The van der Waals surface area contributed by atoms with Gasteiger partial charge in [0.05, 0.1) is 30.5 Å². The number of ether oxygens (including phenoxy) is 2. The molecule has 2 aromatic rings. The lowest BCUT2D eigenvalue weighted by atomic mass is 9.97. The van der Waals surface area contributed by atoms with E-state index in [1.165, 1.54) is 25.5 Å². The predicted octanol–water partition coefficient (Wildman–Crippen LogP) is 2.10. The summed E-state index contributed by atoms with van der Waals surface area (Å²) >= 11 is 0. The highest BCUT2D eigenvalue weighted by atomic mass is 16.5. The van der Waals surface area contributed by atoms with Crippen molar-refractivity contribution in [1.29, 1.82) is 0 Å². The number of amides is 2. The molecule has 0 bridgehead atoms. The van der Waals surface area contributed by atoms with Crippen LogP contribution in [0.1, 0.15) is 33.8 Å². The summed E-state index contributed by atoms with van der Waals surface area (Å²) in [6.07, 6.45) is 2.39. The van der Waals surface area contributed by atoms with E-state index in [-0.39, 0.29) is 34.8 Å². The summed E-state index contributed by atoms with van der Waals surface area (Å²) in [6.45, 7) is 0.361. The van der Waals surface area contributed by atoms with Gasteiger partial charge in [-0.25, -0.2) is 4.79 Å². The van der Waals surface area contributed by atoms with E-state index in [0.717, 1.165) is 0 Å². The van der Waals surface area contributed by atoms with Crippen LogP contribution in [0.25, 0.3) is 0 Å². The number of benzene rings is 1. The Morgan fingerprint density at radius 2 is 1.83 bits per heavy atom. The van der Waals surface area contributed by atoms with Crippen molar-refractivity contribution in [3.05, 3.63) is 54.0 Å². The maximum absolute atomic E-state index is 12.5. The van der Waals surface area contributed by atoms with Crippen LogP contribution < -0.4 is 5.32 Å². The van der Waals surface area contributed by atoms with Crippen molar-refractivity contribution >= 4 is 29.4 Å². The number of nitrogens with zero attached hydrogens (tertiary/aromatic N) is 1. The molecule has 1 aromatic carbocycles. The quantitative estimate of drug-likeness (QED) is 0.720. The molecule has 0 spiro atoms. The van der Waals surface area contributed by atoms with E-state index in [0.29, 0.717) is 25.9 Å². The minimum absolute atomic E-state index is 0.101. The van der Waals surface area contributed by atoms with Crippen molar-refractivity contribution in [1.82, 2.24) is 4.90 Å². The van der Waals surface area contributed by atoms with E-state index in [4.69, 9.17) is 13.9 Å². The second kappa shape index (κ2) is 9.73. The monoisotopic (exact) mass is 414 g/mol. The number of hydrogen-bond donors (Lipinski definition) is 1. The van der Waals surface area contributed by atoms with Gasteiger partial charge in [0.25, 0.3) is 11.8 Å². The lowest BCUT2D eigenvalue weighted by Gasteiger charge is -2.30. The van der Waals surface area contributed by atoms with Gasteiger partial charge in [-0.3, -0.25) is 14.4 Å². The molecule has 1 aliphatic heterocycles. The summed E-state index contributed by atoms with van der Waals surface area (Å²) in [5, 5.41) is 2.59. The number of esters is 2. The van der Waals surface area contributed by atoms with Gasteiger partial charge in [-0.1, -0.05) is 12.1 Å². The van der Waals surface area contributed by atoms with E-state index in [1.807, 2.05) is 0 Å². The molecule has 3 rings (SSSR count). The molecule has 1 aromatic heterocycles. The standard InChI is InChI=1S/C21H22N2O7/c1-28-20(26)14-8-10-23(11-9-14)18(24)13-30-21(27)15-5-2-3-6-16(15)22-19(25)17-7-4-12-29-17/h2-7,12,14H,8-11,13H2,1H3,(H,22,25). The van der Waals surface area contributed by atoms with Crippen molar-refractivity contribution in [2.45, 2.75) is 12.8 Å². The van der Waals surface area contributed by atoms with Gasteiger partial charge in [-0.05, 0) is 37.1 Å². The normalized spacial score (nSPS) is 14.1. The molecule has 0 aliphatic carbocycles. The number of carbonyl (C=O) groups is 4. The molecule has 1 aliphatic rings. The molecule has 0 radical (unpaired) electrons. The first kappa shape index (κ1) is 21.1. The average Bonchev–Trinajstić information content (AvgIpc) is 3.32. The first-order valence-corrected chi connectivity index (χ1v) is 9.46. The molecule has 0 saturated carbocycles. The Hall–Kier alpha value is -3.62. The van der Waals surface area contributed by atoms with Gasteiger partial charge in [0.2, 0.25) is 0 Å². The Labute approximate surface area is 172 Å². The van der Waals surface area contributed by atoms with Crippen LogP contribution in [-0.4, -0.2) is 55.5 Å². The predicted molar refractivity (Wildman–Crippen MR) is 105 cm³/mol. The van der Waals surface area contributed by atoms with E-state index >= 15 is 0 Å². The number of hydrogen-bond acceptors (Lipinski definition) is 7. The van der Waals surface area contributed by atoms with Crippen LogP contribution in [0.4, 0.5) is 5.69 Å². The number of carbonyl (C=O) groups excluding carboxylic acids is 4. The van der Waals surface area contributed by atoms with Gasteiger partial charge in [0.15, 0.2) is 12.4 Å². The van der Waals surface area contributed by atoms with Crippen LogP contribution in [0.5, 0.6) is 0 Å². The Morgan fingerprint density at radius 3 is 2.50 bits per heavy atom. The summed E-state index contributed by atoms with van der Waals surface area (Å²) in [5.74, 6) is -1.98. The van der Waals surface area contributed by atoms with E-state index in [2.05, 4.69) is 5.32 Å². The third-order valence-corrected chi connectivity index (χ3v) is 4.85. The van der Waals surface area contributed by atoms with Gasteiger partial charge in [-0.15, -0.1) is 0 Å². The van der Waals surface area contributed by atoms with Crippen molar-refractivity contribution in [3.63, 3.8) is 0 Å². The van der Waals surface area contributed by atoms with Crippen molar-refractivity contribution in [3.8, 4) is 0 Å². The number of methoxy groups -OCH3 is 1. The van der Waals surface area contributed by atoms with Crippen LogP contribution in [0.15, 0.2) is 47.1 Å². The Morgan fingerprint density at radius 1 is 1.10 bits per heavy atom. The van der Waals surface area contributed by atoms with E-state index < -0.39 is 18.5 Å². The van der Waals surface area contributed by atoms with E-state index in [1.54, 1.807) is 29.2 Å². The molecule has 0 atom stereocenters. The molecule has 1 N–H and O–H groups in total. The third-order valence-electron chi connectivity index (χ3n) is 4.85. The topological polar surface area (TPSA) is 115 Å². The van der Waals surface area contributed by atoms with Crippen molar-refractivity contribution in [2.75, 3.05) is 32.1 Å². The van der Waals surface area contributed by atoms with Gasteiger partial charge in [0.1, 0.15) is 0 Å². The number of rotatable bonds is 6. The Bertz CT molecular complexity index is 915. The van der Waals surface area contributed by atoms with Crippen LogP contribution in [0, 0.1) is 5.92 Å². The summed E-state index contributed by atoms with van der Waals surface area (Å²) in [4.78, 5) is 50.1. The molecule has 158 valence electrons. The number of furan rings is 1. The van der Waals surface area contributed by atoms with Crippen LogP contribution >= 0.6 is 0 Å². The number of nitrogens with one attached hydrogen (secondary N) is 1. The van der Waals surface area contributed by atoms with Crippen LogP contribution in [-0.2, 0) is 19.1 Å². The molecule has 1 fully saturated rings. The fraction of sp³-hybridized carbons (Fsp3) is 0.333. The molecule has 30 heavy (non-hydrogen) atoms. The fourth-order valence-corrected chi connectivity index (χ4v) is 3.19. The average molecular weight is 414 g/mol. The van der Waals surface area contributed by atoms with Gasteiger partial charge < -0.3 is 24.1 Å². The molecule has 9 heteroatoms. The SMILES string of the molecule is COC(=O)C1CCN(C(=O)COC(=O)c2ccccc2NC(=O)c2ccco2)CC1. The van der Waals surface area contributed by atoms with Crippen molar-refractivity contribution in [2.24, 2.45) is 5.92 Å². The highest BCUT2D eigenvalue weighted by Crippen LogP contribution is 2.20. The Balaban J connectivity index is 1.55. The number of anilines is 1. The lowest BCUT2D eigenvalue weighted by Crippen LogP contribution is -2.42. The minimum Gasteiger partial charge on any atom is -0.469 e. The zero-order valence-corrected chi connectivity index (χ0v) is 16.5. The zero-order chi connectivity index (χ0) is 21.5. The largest absolute Gasteiger partial charge is 0.469 e. The molecule has 0 unspecified atom stereocenters. The first-order valence-electron chi connectivity index (χ1n) is 9.46. The summed E-state index contributed by atoms with van der Waals surface area (Å²) in [5.41, 5.74) is 0.366. The zero-order valence-electron chi connectivity index (χ0n) is 16.5.